The third-order valence-electron chi connectivity index (χ3n) is 11.6. The number of benzene rings is 9. The first-order valence-corrected chi connectivity index (χ1v) is 18.4. The van der Waals surface area contributed by atoms with Crippen molar-refractivity contribution in [2.24, 2.45) is 0 Å². The number of rotatable bonds is 4. The van der Waals surface area contributed by atoms with Gasteiger partial charge >= 0.3 is 0 Å². The zero-order chi connectivity index (χ0) is 35.3. The Morgan fingerprint density at radius 3 is 1.89 bits per heavy atom. The number of hydrogen-bond acceptors (Lipinski definition) is 2. The molecule has 1 aliphatic carbocycles. The third kappa shape index (κ3) is 4.33. The van der Waals surface area contributed by atoms with Gasteiger partial charge in [0.05, 0.1) is 16.8 Å². The summed E-state index contributed by atoms with van der Waals surface area (Å²) in [6.45, 7) is 4.71. The van der Waals surface area contributed by atoms with Crippen LogP contribution in [0.3, 0.4) is 0 Å². The van der Waals surface area contributed by atoms with Gasteiger partial charge in [0.1, 0.15) is 11.2 Å². The summed E-state index contributed by atoms with van der Waals surface area (Å²) >= 11 is 0. The molecule has 11 rings (SSSR count). The first-order valence-electron chi connectivity index (χ1n) is 18.4. The van der Waals surface area contributed by atoms with Crippen molar-refractivity contribution in [1.82, 2.24) is 0 Å². The van der Waals surface area contributed by atoms with Crippen molar-refractivity contribution in [2.75, 3.05) is 4.90 Å². The molecule has 53 heavy (non-hydrogen) atoms. The van der Waals surface area contributed by atoms with Crippen LogP contribution in [-0.4, -0.2) is 0 Å². The molecule has 1 aliphatic rings. The van der Waals surface area contributed by atoms with Gasteiger partial charge in [0.15, 0.2) is 0 Å². The molecule has 1 aromatic heterocycles. The Morgan fingerprint density at radius 1 is 0.434 bits per heavy atom. The lowest BCUT2D eigenvalue weighted by Crippen LogP contribution is -2.16. The molecule has 2 heteroatoms. The highest BCUT2D eigenvalue weighted by Gasteiger charge is 2.36. The maximum Gasteiger partial charge on any atom is 0.143 e. The molecule has 0 amide bonds. The van der Waals surface area contributed by atoms with Gasteiger partial charge in [-0.3, -0.25) is 0 Å². The second-order valence-corrected chi connectivity index (χ2v) is 14.9. The summed E-state index contributed by atoms with van der Waals surface area (Å²) in [4.78, 5) is 2.46. The van der Waals surface area contributed by atoms with Crippen LogP contribution in [0, 0.1) is 0 Å². The van der Waals surface area contributed by atoms with E-state index >= 15 is 0 Å². The van der Waals surface area contributed by atoms with Crippen molar-refractivity contribution in [3.8, 4) is 22.3 Å². The average Bonchev–Trinajstić information content (AvgIpc) is 3.69. The number of hydrogen-bond donors (Lipinski definition) is 0. The van der Waals surface area contributed by atoms with E-state index in [1.54, 1.807) is 0 Å². The van der Waals surface area contributed by atoms with E-state index in [0.29, 0.717) is 0 Å². The SMILES string of the molecule is CC1(C)c2ccccc2-c2ccc(N(c3cccc4ccccc34)c3cccc4oc5c(-c6cccc7ccccc67)c6ccccc6cc5c34)cc21. The maximum atomic E-state index is 7.07. The van der Waals surface area contributed by atoms with E-state index < -0.39 is 0 Å². The number of nitrogens with zero attached hydrogens (tertiary/aromatic N) is 1. The Kier molecular flexibility index (Phi) is 6.33. The molecule has 0 saturated carbocycles. The summed E-state index contributed by atoms with van der Waals surface area (Å²) < 4.78 is 7.07. The van der Waals surface area contributed by atoms with E-state index in [-0.39, 0.29) is 5.41 Å². The van der Waals surface area contributed by atoms with E-state index in [4.69, 9.17) is 4.42 Å². The van der Waals surface area contributed by atoms with Crippen LogP contribution in [0.25, 0.3) is 76.5 Å². The van der Waals surface area contributed by atoms with Crippen LogP contribution in [0.4, 0.5) is 17.1 Å². The molecule has 0 N–H and O–H groups in total. The predicted molar refractivity (Wildman–Crippen MR) is 224 cm³/mol. The lowest BCUT2D eigenvalue weighted by atomic mass is 9.82. The zero-order valence-corrected chi connectivity index (χ0v) is 29.6. The maximum absolute atomic E-state index is 7.07. The molecule has 2 nitrogen and oxygen atoms in total. The van der Waals surface area contributed by atoms with E-state index in [1.807, 2.05) is 0 Å². The van der Waals surface area contributed by atoms with E-state index in [9.17, 15) is 0 Å². The van der Waals surface area contributed by atoms with Crippen LogP contribution in [-0.2, 0) is 5.41 Å². The van der Waals surface area contributed by atoms with Crippen molar-refractivity contribution >= 4 is 71.3 Å². The molecule has 0 atom stereocenters. The first-order chi connectivity index (χ1) is 26.1. The highest BCUT2D eigenvalue weighted by molar-refractivity contribution is 6.24. The van der Waals surface area contributed by atoms with Gasteiger partial charge in [-0.25, -0.2) is 0 Å². The Hall–Kier alpha value is -6.64. The highest BCUT2D eigenvalue weighted by atomic mass is 16.3. The average molecular weight is 678 g/mol. The predicted octanol–water partition coefficient (Wildman–Crippen LogP) is 14.5. The molecule has 0 saturated heterocycles. The molecule has 0 spiro atoms. The summed E-state index contributed by atoms with van der Waals surface area (Å²) in [5.74, 6) is 0. The Bertz CT molecular complexity index is 3100. The molecule has 0 aliphatic heterocycles. The van der Waals surface area contributed by atoms with Crippen molar-refractivity contribution in [2.45, 2.75) is 19.3 Å². The van der Waals surface area contributed by atoms with E-state index in [1.165, 1.54) is 60.1 Å². The van der Waals surface area contributed by atoms with E-state index in [0.717, 1.165) is 44.6 Å². The van der Waals surface area contributed by atoms with Gasteiger partial charge in [-0.2, -0.15) is 0 Å². The van der Waals surface area contributed by atoms with Gasteiger partial charge in [0.25, 0.3) is 0 Å². The molecule has 0 radical (unpaired) electrons. The van der Waals surface area contributed by atoms with Crippen LogP contribution in [0.15, 0.2) is 180 Å². The molecule has 9 aromatic carbocycles. The molecule has 1 heterocycles. The number of furan rings is 1. The van der Waals surface area contributed by atoms with Gasteiger partial charge < -0.3 is 9.32 Å². The van der Waals surface area contributed by atoms with Crippen LogP contribution in [0.1, 0.15) is 25.0 Å². The minimum absolute atomic E-state index is 0.132. The van der Waals surface area contributed by atoms with Crippen LogP contribution in [0.5, 0.6) is 0 Å². The minimum Gasteiger partial charge on any atom is -0.455 e. The van der Waals surface area contributed by atoms with Gasteiger partial charge in [-0.05, 0) is 91.1 Å². The molecular formula is C51H35NO. The summed E-state index contributed by atoms with van der Waals surface area (Å²) in [5.41, 5.74) is 12.7. The molecule has 0 fully saturated rings. The smallest absolute Gasteiger partial charge is 0.143 e. The van der Waals surface area contributed by atoms with Crippen molar-refractivity contribution in [3.05, 3.63) is 187 Å². The third-order valence-corrected chi connectivity index (χ3v) is 11.6. The number of fused-ring (bicyclic) bond motifs is 9. The van der Waals surface area contributed by atoms with Crippen LogP contribution in [0.2, 0.25) is 0 Å². The van der Waals surface area contributed by atoms with Gasteiger partial charge in [-0.1, -0.05) is 153 Å². The molecule has 0 unspecified atom stereocenters. The topological polar surface area (TPSA) is 16.4 Å². The largest absolute Gasteiger partial charge is 0.455 e. The van der Waals surface area contributed by atoms with Crippen LogP contribution < -0.4 is 4.90 Å². The van der Waals surface area contributed by atoms with E-state index in [2.05, 4.69) is 195 Å². The summed E-state index contributed by atoms with van der Waals surface area (Å²) in [6, 6.07) is 64.1. The normalized spacial score (nSPS) is 13.2. The second-order valence-electron chi connectivity index (χ2n) is 14.9. The molecule has 10 aromatic rings. The van der Waals surface area contributed by atoms with Gasteiger partial charge in [0, 0.05) is 27.4 Å². The summed E-state index contributed by atoms with van der Waals surface area (Å²) in [6.07, 6.45) is 0. The number of anilines is 3. The first kappa shape index (κ1) is 30.0. The fourth-order valence-electron chi connectivity index (χ4n) is 9.15. The molecular weight excluding hydrogens is 643 g/mol. The quantitative estimate of drug-likeness (QED) is 0.184. The fourth-order valence-corrected chi connectivity index (χ4v) is 9.15. The summed E-state index contributed by atoms with van der Waals surface area (Å²) in [7, 11) is 0. The Balaban J connectivity index is 1.24. The van der Waals surface area contributed by atoms with Gasteiger partial charge in [-0.15, -0.1) is 0 Å². The van der Waals surface area contributed by atoms with Crippen molar-refractivity contribution in [1.29, 1.82) is 0 Å². The minimum atomic E-state index is -0.132. The Morgan fingerprint density at radius 2 is 1.04 bits per heavy atom. The zero-order valence-electron chi connectivity index (χ0n) is 29.6. The Labute approximate surface area is 308 Å². The van der Waals surface area contributed by atoms with Crippen molar-refractivity contribution in [3.63, 3.8) is 0 Å². The lowest BCUT2D eigenvalue weighted by Gasteiger charge is -2.29. The monoisotopic (exact) mass is 677 g/mol. The fraction of sp³-hybridized carbons (Fsp3) is 0.0588. The van der Waals surface area contributed by atoms with Crippen LogP contribution >= 0.6 is 0 Å². The van der Waals surface area contributed by atoms with Crippen molar-refractivity contribution < 1.29 is 4.42 Å². The summed E-state index contributed by atoms with van der Waals surface area (Å²) in [5, 5.41) is 9.42. The highest BCUT2D eigenvalue weighted by Crippen LogP contribution is 2.53. The van der Waals surface area contributed by atoms with Gasteiger partial charge in [0.2, 0.25) is 0 Å². The molecule has 0 bridgehead atoms. The standard InChI is InChI=1S/C51H35NO/c1-51(2)43-24-10-9-22-39(43)40-29-28-35(31-44(40)51)52(45-25-12-18-33-15-4-7-20-37(33)45)46-26-13-27-47-49(46)42-30-34-16-5-8-21-38(34)48(50(42)53-47)41-23-11-17-32-14-3-6-19-36(32)41/h3-31H,1-2H3. The lowest BCUT2D eigenvalue weighted by molar-refractivity contribution is 0.660. The molecule has 250 valence electrons. The second kappa shape index (κ2) is 11.2.